The van der Waals surface area contributed by atoms with Crippen LogP contribution in [0.3, 0.4) is 0 Å². The third-order valence-electron chi connectivity index (χ3n) is 8.11. The van der Waals surface area contributed by atoms with Gasteiger partial charge in [-0.3, -0.25) is 0 Å². The normalized spacial score (nSPS) is 17.7. The summed E-state index contributed by atoms with van der Waals surface area (Å²) in [6, 6.07) is 15.4. The second kappa shape index (κ2) is 9.74. The Morgan fingerprint density at radius 1 is 0.529 bits per heavy atom. The van der Waals surface area contributed by atoms with Crippen molar-refractivity contribution in [2.45, 2.75) is 83.0 Å². The molecule has 0 heterocycles. The van der Waals surface area contributed by atoms with Crippen molar-refractivity contribution < 1.29 is 15.3 Å². The van der Waals surface area contributed by atoms with E-state index in [4.69, 9.17) is 0 Å². The Kier molecular flexibility index (Phi) is 6.54. The van der Waals surface area contributed by atoms with E-state index in [1.807, 2.05) is 24.3 Å². The Morgan fingerprint density at radius 3 is 1.47 bits per heavy atom. The molecule has 178 valence electrons. The molecule has 2 aliphatic carbocycles. The van der Waals surface area contributed by atoms with E-state index in [1.54, 1.807) is 12.1 Å². The number of hydrogen-bond donors (Lipinski definition) is 3. The molecule has 3 aromatic rings. The lowest BCUT2D eigenvalue weighted by molar-refractivity contribution is 0.414. The predicted octanol–water partition coefficient (Wildman–Crippen LogP) is 8.54. The minimum absolute atomic E-state index is 0.244. The number of phenolic OH excluding ortho intramolecular Hbond substituents is 3. The number of hydrogen-bond acceptors (Lipinski definition) is 3. The van der Waals surface area contributed by atoms with Gasteiger partial charge in [0.05, 0.1) is 0 Å². The van der Waals surface area contributed by atoms with E-state index in [2.05, 4.69) is 19.1 Å². The SMILES string of the molecule is Cc1ccc(O)c(-c2ccc(O)c(C3CCCCC3)c2)c1-c1ccc(O)c(C2CCCCC2)c1. The van der Waals surface area contributed by atoms with Crippen molar-refractivity contribution in [3.63, 3.8) is 0 Å². The number of phenols is 3. The minimum atomic E-state index is 0.244. The van der Waals surface area contributed by atoms with Gasteiger partial charge in [-0.2, -0.15) is 0 Å². The lowest BCUT2D eigenvalue weighted by atomic mass is 9.80. The van der Waals surface area contributed by atoms with Crippen LogP contribution in [0.4, 0.5) is 0 Å². The van der Waals surface area contributed by atoms with Crippen LogP contribution in [0.2, 0.25) is 0 Å². The molecule has 0 unspecified atom stereocenters. The number of rotatable bonds is 4. The third-order valence-corrected chi connectivity index (χ3v) is 8.11. The highest BCUT2D eigenvalue weighted by molar-refractivity contribution is 5.90. The summed E-state index contributed by atoms with van der Waals surface area (Å²) in [6.07, 6.45) is 11.8. The lowest BCUT2D eigenvalue weighted by Gasteiger charge is -2.25. The van der Waals surface area contributed by atoms with Crippen molar-refractivity contribution in [1.29, 1.82) is 0 Å². The lowest BCUT2D eigenvalue weighted by Crippen LogP contribution is -2.05. The van der Waals surface area contributed by atoms with Crippen molar-refractivity contribution in [3.8, 4) is 39.5 Å². The summed E-state index contributed by atoms with van der Waals surface area (Å²) in [5.41, 5.74) is 6.86. The summed E-state index contributed by atoms with van der Waals surface area (Å²) < 4.78 is 0. The molecule has 0 bridgehead atoms. The standard InChI is InChI=1S/C31H36O3/c1-20-12-15-29(34)31(24-14-17-28(33)26(19-24)22-10-6-3-7-11-22)30(20)23-13-16-27(32)25(18-23)21-8-4-2-5-9-21/h12-19,21-22,32-34H,2-11H2,1H3. The van der Waals surface area contributed by atoms with Gasteiger partial charge in [-0.1, -0.05) is 56.7 Å². The van der Waals surface area contributed by atoms with Gasteiger partial charge in [-0.05, 0) is 108 Å². The maximum absolute atomic E-state index is 11.1. The smallest absolute Gasteiger partial charge is 0.124 e. The molecule has 3 heteroatoms. The molecule has 2 aliphatic rings. The molecule has 0 atom stereocenters. The van der Waals surface area contributed by atoms with E-state index in [-0.39, 0.29) is 5.75 Å². The van der Waals surface area contributed by atoms with Gasteiger partial charge in [0, 0.05) is 5.56 Å². The summed E-state index contributed by atoms with van der Waals surface area (Å²) in [7, 11) is 0. The van der Waals surface area contributed by atoms with Crippen LogP contribution in [0.5, 0.6) is 17.2 Å². The van der Waals surface area contributed by atoms with Gasteiger partial charge in [0.2, 0.25) is 0 Å². The largest absolute Gasteiger partial charge is 0.508 e. The molecular weight excluding hydrogens is 420 g/mol. The molecule has 3 N–H and O–H groups in total. The second-order valence-electron chi connectivity index (χ2n) is 10.4. The first-order valence-corrected chi connectivity index (χ1v) is 13.0. The van der Waals surface area contributed by atoms with Gasteiger partial charge in [-0.25, -0.2) is 0 Å². The van der Waals surface area contributed by atoms with Crippen LogP contribution in [0.1, 0.15) is 92.7 Å². The average molecular weight is 457 g/mol. The highest BCUT2D eigenvalue weighted by atomic mass is 16.3. The van der Waals surface area contributed by atoms with E-state index in [0.717, 1.165) is 64.6 Å². The van der Waals surface area contributed by atoms with Crippen LogP contribution in [-0.4, -0.2) is 15.3 Å². The molecule has 0 amide bonds. The molecule has 0 saturated heterocycles. The highest BCUT2D eigenvalue weighted by Gasteiger charge is 2.23. The fourth-order valence-corrected chi connectivity index (χ4v) is 6.26. The number of aromatic hydroxyl groups is 3. The number of benzene rings is 3. The zero-order chi connectivity index (χ0) is 23.7. The molecule has 0 aromatic heterocycles. The van der Waals surface area contributed by atoms with Crippen LogP contribution in [0.25, 0.3) is 22.3 Å². The van der Waals surface area contributed by atoms with Gasteiger partial charge in [-0.15, -0.1) is 0 Å². The van der Waals surface area contributed by atoms with Crippen molar-refractivity contribution in [2.24, 2.45) is 0 Å². The van der Waals surface area contributed by atoms with Gasteiger partial charge in [0.1, 0.15) is 17.2 Å². The molecule has 34 heavy (non-hydrogen) atoms. The minimum Gasteiger partial charge on any atom is -0.508 e. The molecule has 5 rings (SSSR count). The zero-order valence-corrected chi connectivity index (χ0v) is 20.2. The van der Waals surface area contributed by atoms with Gasteiger partial charge >= 0.3 is 0 Å². The van der Waals surface area contributed by atoms with Gasteiger partial charge in [0.25, 0.3) is 0 Å². The van der Waals surface area contributed by atoms with Crippen LogP contribution in [-0.2, 0) is 0 Å². The topological polar surface area (TPSA) is 60.7 Å². The van der Waals surface area contributed by atoms with E-state index in [9.17, 15) is 15.3 Å². The molecule has 3 nitrogen and oxygen atoms in total. The van der Waals surface area contributed by atoms with Crippen molar-refractivity contribution in [2.75, 3.05) is 0 Å². The fourth-order valence-electron chi connectivity index (χ4n) is 6.26. The Bertz CT molecular complexity index is 1080. The van der Waals surface area contributed by atoms with E-state index < -0.39 is 0 Å². The first-order valence-electron chi connectivity index (χ1n) is 13.0. The quantitative estimate of drug-likeness (QED) is 0.368. The average Bonchev–Trinajstić information content (AvgIpc) is 2.87. The first-order chi connectivity index (χ1) is 16.5. The van der Waals surface area contributed by atoms with Crippen molar-refractivity contribution >= 4 is 0 Å². The van der Waals surface area contributed by atoms with E-state index >= 15 is 0 Å². The first kappa shape index (κ1) is 22.8. The fraction of sp³-hybridized carbons (Fsp3) is 0.419. The molecule has 2 saturated carbocycles. The van der Waals surface area contributed by atoms with E-state index in [1.165, 1.54) is 38.5 Å². The van der Waals surface area contributed by atoms with Crippen molar-refractivity contribution in [1.82, 2.24) is 0 Å². The summed E-state index contributed by atoms with van der Waals surface area (Å²) >= 11 is 0. The summed E-state index contributed by atoms with van der Waals surface area (Å²) in [5.74, 6) is 1.73. The molecule has 0 aliphatic heterocycles. The predicted molar refractivity (Wildman–Crippen MR) is 139 cm³/mol. The van der Waals surface area contributed by atoms with Crippen LogP contribution in [0, 0.1) is 6.92 Å². The zero-order valence-electron chi connectivity index (χ0n) is 20.2. The molecular formula is C31H36O3. The summed E-state index contributed by atoms with van der Waals surface area (Å²) in [4.78, 5) is 0. The maximum Gasteiger partial charge on any atom is 0.124 e. The summed E-state index contributed by atoms with van der Waals surface area (Å²) in [5, 5.41) is 32.4. The third kappa shape index (κ3) is 4.41. The Morgan fingerprint density at radius 2 is 0.971 bits per heavy atom. The highest BCUT2D eigenvalue weighted by Crippen LogP contribution is 2.46. The van der Waals surface area contributed by atoms with Gasteiger partial charge < -0.3 is 15.3 Å². The van der Waals surface area contributed by atoms with E-state index in [0.29, 0.717) is 23.3 Å². The Labute approximate surface area is 203 Å². The Balaban J connectivity index is 1.62. The maximum atomic E-state index is 11.1. The van der Waals surface area contributed by atoms with Crippen LogP contribution >= 0.6 is 0 Å². The Hall–Kier alpha value is -2.94. The summed E-state index contributed by atoms with van der Waals surface area (Å²) in [6.45, 7) is 2.08. The monoisotopic (exact) mass is 456 g/mol. The number of aryl methyl sites for hydroxylation is 1. The van der Waals surface area contributed by atoms with Crippen LogP contribution < -0.4 is 0 Å². The molecule has 0 radical (unpaired) electrons. The van der Waals surface area contributed by atoms with Crippen molar-refractivity contribution in [3.05, 3.63) is 65.2 Å². The molecule has 2 fully saturated rings. The van der Waals surface area contributed by atoms with Crippen LogP contribution in [0.15, 0.2) is 48.5 Å². The molecule has 3 aromatic carbocycles. The van der Waals surface area contributed by atoms with Gasteiger partial charge in [0.15, 0.2) is 0 Å². The second-order valence-corrected chi connectivity index (χ2v) is 10.4. The molecule has 0 spiro atoms.